The topological polar surface area (TPSA) is 343 Å². The van der Waals surface area contributed by atoms with Crippen LogP contribution in [0.2, 0.25) is 0 Å². The molecule has 7 N–H and O–H groups in total. The van der Waals surface area contributed by atoms with Crippen LogP contribution in [0.25, 0.3) is 56.1 Å². The van der Waals surface area contributed by atoms with Gasteiger partial charge in [0.15, 0.2) is 10.3 Å². The molecule has 0 amide bonds. The molecule has 0 unspecified atom stereocenters. The molecule has 3 saturated heterocycles. The van der Waals surface area contributed by atoms with E-state index in [4.69, 9.17) is 55.8 Å². The Morgan fingerprint density at radius 2 is 1.05 bits per heavy atom. The molecule has 8 aromatic heterocycles. The van der Waals surface area contributed by atoms with Gasteiger partial charge >= 0.3 is 5.97 Å². The second kappa shape index (κ2) is 34.4. The summed E-state index contributed by atoms with van der Waals surface area (Å²) in [4.78, 5) is 78.5. The molecular formula is C73H84F2N18O7S2. The Balaban J connectivity index is 0.000000203. The van der Waals surface area contributed by atoms with Crippen molar-refractivity contribution in [1.82, 2.24) is 54.0 Å². The Morgan fingerprint density at radius 3 is 1.41 bits per heavy atom. The molecule has 1 saturated carbocycles. The van der Waals surface area contributed by atoms with Gasteiger partial charge in [0.1, 0.15) is 73.6 Å². The number of aryl methyl sites for hydroxylation is 2. The first kappa shape index (κ1) is 75.9. The number of aliphatic hydroxyl groups is 2. The number of β-amino-alcohol motifs (C(OH)–C–C–N with tert-alkyl or cyclic N) is 1. The molecule has 29 heteroatoms. The van der Waals surface area contributed by atoms with Crippen LogP contribution >= 0.6 is 22.7 Å². The van der Waals surface area contributed by atoms with Crippen molar-refractivity contribution in [1.29, 1.82) is 10.5 Å². The van der Waals surface area contributed by atoms with Gasteiger partial charge in [-0.1, -0.05) is 51.4 Å². The molecule has 0 bridgehead atoms. The SMILES string of the molecule is C.C.CCc1nc2ccc(-c3cnc(N4CCC(CC(=O)[C@H]5C[C@H](O)CN5)CC4)nc3)cn2c1N(C)c1nc(-c2ccc(F)cc2)c(C#N)s1.CCc1nc2ccc(-c3cnc(N4CCC(N)CC4)nc3)cn2c1N(C)c1nc(-c2ccc(F)cc2)c(C#N)s1.O=C(O)[C@@H]1CC[C@@H](O)C1.O=CO. The van der Waals surface area contributed by atoms with Gasteiger partial charge in [-0.25, -0.2) is 48.7 Å². The molecule has 2 aromatic carbocycles. The van der Waals surface area contributed by atoms with E-state index >= 15 is 0 Å². The Morgan fingerprint density at radius 1 is 0.627 bits per heavy atom. The minimum atomic E-state index is -0.772. The maximum Gasteiger partial charge on any atom is 0.306 e. The van der Waals surface area contributed by atoms with Crippen LogP contribution in [0.4, 0.5) is 42.6 Å². The van der Waals surface area contributed by atoms with Crippen molar-refractivity contribution >= 4 is 86.0 Å². The molecular weight excluding hydrogens is 1340 g/mol. The number of aliphatic carboxylic acids is 1. The molecule has 4 atom stereocenters. The van der Waals surface area contributed by atoms with Gasteiger partial charge in [-0.05, 0) is 143 Å². The number of Topliss-reactive ketones (excluding diaryl/α,β-unsaturated/α-hetero) is 1. The van der Waals surface area contributed by atoms with Gasteiger partial charge in [0, 0.05) is 130 Å². The number of ketones is 1. The lowest BCUT2D eigenvalue weighted by molar-refractivity contribution is -0.141. The predicted octanol–water partition coefficient (Wildman–Crippen LogP) is 11.5. The fraction of sp³-hybridized carbons (Fsp3) is 0.384. The number of carboxylic acid groups (broad SMARTS) is 2. The zero-order valence-corrected chi connectivity index (χ0v) is 57.2. The van der Waals surface area contributed by atoms with Gasteiger partial charge in [-0.15, -0.1) is 0 Å². The number of aromatic nitrogens is 10. The van der Waals surface area contributed by atoms with E-state index in [1.54, 1.807) is 24.3 Å². The summed E-state index contributed by atoms with van der Waals surface area (Å²) in [5.74, 6) is 1.91. The fourth-order valence-corrected chi connectivity index (χ4v) is 14.5. The van der Waals surface area contributed by atoms with Crippen molar-refractivity contribution in [2.45, 2.75) is 124 Å². The lowest BCUT2D eigenvalue weighted by atomic mass is 9.89. The van der Waals surface area contributed by atoms with Crippen molar-refractivity contribution < 1.29 is 43.6 Å². The van der Waals surface area contributed by atoms with Crippen molar-refractivity contribution in [2.24, 2.45) is 17.6 Å². The standard InChI is InChI=1S/C35H36FN9O2S.C29H28FN9S.C6H10O3.CH2O2.2CH4/c1-3-27-33(43(2)35-42-32(30(16-37)48-35)22-4-7-25(36)8-5-22)45-20-23(6-9-31(45)41-27)24-17-39-34(40-18-24)44-12-10-21(11-13-44)14-29(47)28-15-26(46)19-38-28;1-3-23-27(37(2)29-36-26(24(14-31)40-29)18-4-7-21(30)8-5-18)39-17-19(6-9-25(39)35-23)20-15-33-28(34-16-20)38-12-10-22(32)11-13-38;7-5-2-1-4(3-5)6(8)9;2-1-3;;/h4-9,17-18,20-21,26,28,38,46H,3,10-15,19H2,1-2H3;4-9,15-17,22H,3,10-13,32H2,1-2H3;4-5,7H,1-3H2,(H,8,9);1H,(H,2,3);2*1H4/t26-,28+;;4-,5-;;;/m0.1.../s1. The van der Waals surface area contributed by atoms with Crippen LogP contribution in [0.1, 0.15) is 108 Å². The predicted molar refractivity (Wildman–Crippen MR) is 391 cm³/mol. The van der Waals surface area contributed by atoms with E-state index in [9.17, 15) is 34.0 Å². The fourth-order valence-electron chi connectivity index (χ4n) is 12.8. The van der Waals surface area contributed by atoms with Crippen molar-refractivity contribution in [3.05, 3.63) is 143 Å². The van der Waals surface area contributed by atoms with Gasteiger partial charge in [-0.3, -0.25) is 23.2 Å². The van der Waals surface area contributed by atoms with E-state index in [-0.39, 0.29) is 62.8 Å². The van der Waals surface area contributed by atoms with Gasteiger partial charge in [0.05, 0.1) is 35.6 Å². The van der Waals surface area contributed by atoms with E-state index in [1.807, 2.05) is 94.1 Å². The zero-order valence-electron chi connectivity index (χ0n) is 55.6. The molecule has 14 rings (SSSR count). The average molecular weight is 1430 g/mol. The van der Waals surface area contributed by atoms with Crippen LogP contribution in [-0.4, -0.2) is 158 Å². The number of carboxylic acids is 1. The van der Waals surface area contributed by atoms with Crippen molar-refractivity contribution in [3.63, 3.8) is 0 Å². The quantitative estimate of drug-likeness (QED) is 0.0489. The summed E-state index contributed by atoms with van der Waals surface area (Å²) in [6, 6.07) is 24.5. The van der Waals surface area contributed by atoms with E-state index < -0.39 is 12.1 Å². The van der Waals surface area contributed by atoms with Gasteiger partial charge in [0.2, 0.25) is 11.9 Å². The minimum absolute atomic E-state index is 0. The number of hydrogen-bond acceptors (Lipinski definition) is 23. The van der Waals surface area contributed by atoms with Gasteiger partial charge < -0.3 is 51.1 Å². The van der Waals surface area contributed by atoms with E-state index in [0.29, 0.717) is 99.5 Å². The van der Waals surface area contributed by atoms with Crippen LogP contribution < -0.4 is 30.7 Å². The maximum atomic E-state index is 13.6. The molecule has 534 valence electrons. The van der Waals surface area contributed by atoms with E-state index in [1.165, 1.54) is 46.9 Å². The zero-order chi connectivity index (χ0) is 70.7. The molecule has 0 radical (unpaired) electrons. The summed E-state index contributed by atoms with van der Waals surface area (Å²) < 4.78 is 31.1. The maximum absolute atomic E-state index is 13.6. The lowest BCUT2D eigenvalue weighted by Gasteiger charge is -2.32. The highest BCUT2D eigenvalue weighted by atomic mass is 32.1. The highest BCUT2D eigenvalue weighted by Gasteiger charge is 2.32. The number of fused-ring (bicyclic) bond motifs is 2. The number of anilines is 6. The average Bonchev–Trinajstić information content (AvgIpc) is 1.60. The Hall–Kier alpha value is -10.3. The van der Waals surface area contributed by atoms with Crippen molar-refractivity contribution in [3.8, 4) is 56.9 Å². The molecule has 4 fully saturated rings. The number of hydrogen-bond donors (Lipinski definition) is 6. The lowest BCUT2D eigenvalue weighted by Crippen LogP contribution is -2.40. The molecule has 4 aliphatic rings. The second-order valence-corrected chi connectivity index (χ2v) is 26.8. The number of halogens is 2. The van der Waals surface area contributed by atoms with Gasteiger partial charge in [0.25, 0.3) is 6.47 Å². The molecule has 11 heterocycles. The highest BCUT2D eigenvalue weighted by molar-refractivity contribution is 7.17. The number of nitrogens with two attached hydrogens (primary N) is 1. The van der Waals surface area contributed by atoms with Crippen LogP contribution in [0.15, 0.2) is 110 Å². The first-order chi connectivity index (χ1) is 48.4. The Bertz CT molecular complexity index is 4580. The highest BCUT2D eigenvalue weighted by Crippen LogP contribution is 2.40. The number of rotatable bonds is 16. The molecule has 1 aliphatic carbocycles. The molecule has 3 aliphatic heterocycles. The van der Waals surface area contributed by atoms with Crippen LogP contribution in [-0.2, 0) is 27.2 Å². The largest absolute Gasteiger partial charge is 0.483 e. The molecule has 25 nitrogen and oxygen atoms in total. The minimum Gasteiger partial charge on any atom is -0.483 e. The smallest absolute Gasteiger partial charge is 0.306 e. The summed E-state index contributed by atoms with van der Waals surface area (Å²) in [5.41, 5.74) is 15.5. The number of nitrogens with one attached hydrogen (secondary N) is 1. The summed E-state index contributed by atoms with van der Waals surface area (Å²) >= 11 is 2.58. The molecule has 102 heavy (non-hydrogen) atoms. The number of carbonyl (C=O) groups is 3. The summed E-state index contributed by atoms with van der Waals surface area (Å²) in [6.07, 6.45) is 18.5. The van der Waals surface area contributed by atoms with Crippen LogP contribution in [0.3, 0.4) is 0 Å². The third-order valence-corrected chi connectivity index (χ3v) is 20.4. The second-order valence-electron chi connectivity index (χ2n) is 24.9. The van der Waals surface area contributed by atoms with E-state index in [0.717, 1.165) is 121 Å². The number of pyridine rings is 2. The summed E-state index contributed by atoms with van der Waals surface area (Å²) in [7, 11) is 3.84. The molecule has 0 spiro atoms. The first-order valence-electron chi connectivity index (χ1n) is 33.0. The molecule has 10 aromatic rings. The number of nitriles is 2. The number of aliphatic hydroxyl groups excluding tert-OH is 2. The normalized spacial score (nSPS) is 17.3. The number of thiazole rings is 2. The van der Waals surface area contributed by atoms with Gasteiger partial charge in [-0.2, -0.15) is 10.5 Å². The van der Waals surface area contributed by atoms with Crippen molar-refractivity contribution in [2.75, 3.05) is 66.4 Å². The third-order valence-electron chi connectivity index (χ3n) is 18.3. The first-order valence-corrected chi connectivity index (χ1v) is 34.7. The Kier molecular flexibility index (Phi) is 25.6. The monoisotopic (exact) mass is 1430 g/mol. The van der Waals surface area contributed by atoms with Crippen LogP contribution in [0.5, 0.6) is 0 Å². The number of carbonyl (C=O) groups excluding carboxylic acids is 1. The number of imidazole rings is 2. The number of nitrogens with zero attached hydrogens (tertiary/aromatic N) is 16. The summed E-state index contributed by atoms with van der Waals surface area (Å²) in [5, 5.41) is 58.0. The Labute approximate surface area is 598 Å². The van der Waals surface area contributed by atoms with E-state index in [2.05, 4.69) is 51.1 Å². The number of benzene rings is 2. The number of piperidine rings is 2. The summed E-state index contributed by atoms with van der Waals surface area (Å²) in [6.45, 7) is 7.68. The van der Waals surface area contributed by atoms with Crippen LogP contribution in [0, 0.1) is 46.1 Å². The third kappa shape index (κ3) is 17.4.